The van der Waals surface area contributed by atoms with Crippen LogP contribution in [0.2, 0.25) is 0 Å². The average Bonchev–Trinajstić information content (AvgIpc) is 3.10. The minimum Gasteiger partial charge on any atom is -0.311 e. The molecule has 7 rings (SSSR count). The van der Waals surface area contributed by atoms with Crippen molar-refractivity contribution in [2.75, 3.05) is 4.90 Å². The lowest BCUT2D eigenvalue weighted by molar-refractivity contribution is 0.443. The van der Waals surface area contributed by atoms with E-state index in [-0.39, 0.29) is 0 Å². The van der Waals surface area contributed by atoms with Crippen LogP contribution >= 0.6 is 0 Å². The number of para-hydroxylation sites is 1. The van der Waals surface area contributed by atoms with Crippen LogP contribution in [-0.4, -0.2) is 0 Å². The topological polar surface area (TPSA) is 3.24 Å². The molecule has 0 spiro atoms. The lowest BCUT2D eigenvalue weighted by atomic mass is 9.84. The Morgan fingerprint density at radius 3 is 1.37 bits per heavy atom. The highest BCUT2D eigenvalue weighted by molar-refractivity contribution is 5.95. The molecule has 0 radical (unpaired) electrons. The van der Waals surface area contributed by atoms with Gasteiger partial charge in [-0.25, -0.2) is 0 Å². The Balaban J connectivity index is 1.30. The monoisotopic (exact) mass is 555 g/mol. The van der Waals surface area contributed by atoms with Crippen molar-refractivity contribution in [1.29, 1.82) is 0 Å². The largest absolute Gasteiger partial charge is 0.311 e. The van der Waals surface area contributed by atoms with E-state index >= 15 is 0 Å². The first-order valence-corrected chi connectivity index (χ1v) is 15.6. The highest BCUT2D eigenvalue weighted by Gasteiger charge is 2.18. The Bertz CT molecular complexity index is 1690. The smallest absolute Gasteiger partial charge is 0.0462 e. The summed E-state index contributed by atoms with van der Waals surface area (Å²) < 4.78 is 0. The van der Waals surface area contributed by atoms with Crippen LogP contribution in [0.25, 0.3) is 33.4 Å². The van der Waals surface area contributed by atoms with Crippen LogP contribution in [0, 0.1) is 0 Å². The van der Waals surface area contributed by atoms with Gasteiger partial charge >= 0.3 is 0 Å². The highest BCUT2D eigenvalue weighted by Crippen LogP contribution is 2.42. The molecule has 0 heterocycles. The van der Waals surface area contributed by atoms with Crippen LogP contribution in [0.1, 0.15) is 43.6 Å². The molecule has 0 amide bonds. The zero-order valence-corrected chi connectivity index (χ0v) is 24.6. The molecular weight excluding hydrogens is 518 g/mol. The molecule has 0 unspecified atom stereocenters. The summed E-state index contributed by atoms with van der Waals surface area (Å²) in [7, 11) is 0. The number of anilines is 3. The van der Waals surface area contributed by atoms with E-state index in [9.17, 15) is 0 Å². The van der Waals surface area contributed by atoms with Crippen molar-refractivity contribution in [2.24, 2.45) is 0 Å². The van der Waals surface area contributed by atoms with Crippen LogP contribution < -0.4 is 4.90 Å². The maximum atomic E-state index is 2.37. The summed E-state index contributed by atoms with van der Waals surface area (Å²) in [5, 5.41) is 0. The number of hydrogen-bond acceptors (Lipinski definition) is 1. The lowest BCUT2D eigenvalue weighted by Gasteiger charge is -2.27. The van der Waals surface area contributed by atoms with Gasteiger partial charge in [-0.05, 0) is 94.1 Å². The quantitative estimate of drug-likeness (QED) is 0.189. The number of hydrogen-bond donors (Lipinski definition) is 0. The fraction of sp³-hybridized carbons (Fsp3) is 0.143. The van der Waals surface area contributed by atoms with E-state index in [0.717, 1.165) is 11.4 Å². The van der Waals surface area contributed by atoms with E-state index in [2.05, 4.69) is 163 Å². The molecule has 1 heteroatoms. The summed E-state index contributed by atoms with van der Waals surface area (Å²) in [5.41, 5.74) is 12.4. The first kappa shape index (κ1) is 27.0. The van der Waals surface area contributed by atoms with Gasteiger partial charge in [0.15, 0.2) is 0 Å². The SMILES string of the molecule is c1ccc(-c2cccc(-c3ccccc3)c2-c2ccc(N(c3ccccc3)c3ccc(C4CCCCC4)cc3)cc2)cc1. The van der Waals surface area contributed by atoms with Crippen LogP contribution in [0.5, 0.6) is 0 Å². The maximum Gasteiger partial charge on any atom is 0.0462 e. The van der Waals surface area contributed by atoms with Gasteiger partial charge in [0, 0.05) is 17.1 Å². The van der Waals surface area contributed by atoms with Crippen LogP contribution in [0.3, 0.4) is 0 Å². The molecule has 0 atom stereocenters. The minimum absolute atomic E-state index is 0.704. The zero-order chi connectivity index (χ0) is 28.8. The standard InChI is InChI=1S/C42H37N/c1-5-14-32(15-6-1)33-24-28-38(29-25-33)43(37-20-11-4-12-21-37)39-30-26-36(27-31-39)42-40(34-16-7-2-8-17-34)22-13-23-41(42)35-18-9-3-10-19-35/h2-4,7-13,16-32H,1,5-6,14-15H2. The normalized spacial score (nSPS) is 13.5. The van der Waals surface area contributed by atoms with Gasteiger partial charge in [0.25, 0.3) is 0 Å². The van der Waals surface area contributed by atoms with Crippen molar-refractivity contribution in [3.8, 4) is 33.4 Å². The van der Waals surface area contributed by atoms with Crippen molar-refractivity contribution in [2.45, 2.75) is 38.0 Å². The third kappa shape index (κ3) is 5.76. The van der Waals surface area contributed by atoms with E-state index in [0.29, 0.717) is 5.92 Å². The van der Waals surface area contributed by atoms with Crippen molar-refractivity contribution in [3.63, 3.8) is 0 Å². The number of rotatable bonds is 7. The average molecular weight is 556 g/mol. The molecule has 6 aromatic carbocycles. The van der Waals surface area contributed by atoms with Crippen LogP contribution in [-0.2, 0) is 0 Å². The van der Waals surface area contributed by atoms with E-state index in [1.165, 1.54) is 76.7 Å². The molecule has 1 nitrogen and oxygen atoms in total. The molecule has 1 fully saturated rings. The zero-order valence-electron chi connectivity index (χ0n) is 24.6. The van der Waals surface area contributed by atoms with E-state index in [1.54, 1.807) is 0 Å². The third-order valence-electron chi connectivity index (χ3n) is 8.89. The summed E-state index contributed by atoms with van der Waals surface area (Å²) >= 11 is 0. The Hall–Kier alpha value is -4.88. The molecule has 43 heavy (non-hydrogen) atoms. The second kappa shape index (κ2) is 12.5. The Morgan fingerprint density at radius 2 is 0.837 bits per heavy atom. The molecule has 0 N–H and O–H groups in total. The number of nitrogens with zero attached hydrogens (tertiary/aromatic N) is 1. The van der Waals surface area contributed by atoms with E-state index in [4.69, 9.17) is 0 Å². The summed E-state index contributed by atoms with van der Waals surface area (Å²) in [6.45, 7) is 0. The molecule has 1 saturated carbocycles. The van der Waals surface area contributed by atoms with Crippen LogP contribution in [0.15, 0.2) is 158 Å². The number of benzene rings is 6. The third-order valence-corrected chi connectivity index (χ3v) is 8.89. The fourth-order valence-corrected chi connectivity index (χ4v) is 6.71. The minimum atomic E-state index is 0.704. The molecule has 0 aliphatic heterocycles. The van der Waals surface area contributed by atoms with Gasteiger partial charge in [-0.15, -0.1) is 0 Å². The summed E-state index contributed by atoms with van der Waals surface area (Å²) in [6, 6.07) is 57.3. The first-order valence-electron chi connectivity index (χ1n) is 15.6. The van der Waals surface area contributed by atoms with Crippen molar-refractivity contribution in [1.82, 2.24) is 0 Å². The first-order chi connectivity index (χ1) is 21.3. The van der Waals surface area contributed by atoms with Crippen LogP contribution in [0.4, 0.5) is 17.1 Å². The Kier molecular flexibility index (Phi) is 7.88. The molecule has 6 aromatic rings. The molecular formula is C42H37N. The predicted octanol–water partition coefficient (Wildman–Crippen LogP) is 12.2. The highest BCUT2D eigenvalue weighted by atomic mass is 15.1. The molecule has 0 aromatic heterocycles. The summed E-state index contributed by atoms with van der Waals surface area (Å²) in [6.07, 6.45) is 6.73. The molecule has 0 saturated heterocycles. The van der Waals surface area contributed by atoms with Gasteiger partial charge in [0.05, 0.1) is 0 Å². The second-order valence-electron chi connectivity index (χ2n) is 11.6. The summed E-state index contributed by atoms with van der Waals surface area (Å²) in [5.74, 6) is 0.704. The van der Waals surface area contributed by atoms with Crippen molar-refractivity contribution < 1.29 is 0 Å². The van der Waals surface area contributed by atoms with Gasteiger partial charge in [-0.3, -0.25) is 0 Å². The van der Waals surface area contributed by atoms with Gasteiger partial charge in [0.2, 0.25) is 0 Å². The maximum absolute atomic E-state index is 2.37. The molecule has 210 valence electrons. The van der Waals surface area contributed by atoms with Crippen molar-refractivity contribution >= 4 is 17.1 Å². The predicted molar refractivity (Wildman–Crippen MR) is 183 cm³/mol. The molecule has 1 aliphatic rings. The lowest BCUT2D eigenvalue weighted by Crippen LogP contribution is -2.10. The van der Waals surface area contributed by atoms with Gasteiger partial charge in [-0.1, -0.05) is 141 Å². The summed E-state index contributed by atoms with van der Waals surface area (Å²) in [4.78, 5) is 2.37. The van der Waals surface area contributed by atoms with E-state index in [1.807, 2.05) is 0 Å². The van der Waals surface area contributed by atoms with Gasteiger partial charge < -0.3 is 4.90 Å². The molecule has 0 bridgehead atoms. The van der Waals surface area contributed by atoms with Gasteiger partial charge in [-0.2, -0.15) is 0 Å². The Morgan fingerprint density at radius 1 is 0.372 bits per heavy atom. The molecule has 1 aliphatic carbocycles. The van der Waals surface area contributed by atoms with Gasteiger partial charge in [0.1, 0.15) is 0 Å². The Labute approximate surface area is 256 Å². The second-order valence-corrected chi connectivity index (χ2v) is 11.6. The van der Waals surface area contributed by atoms with E-state index < -0.39 is 0 Å². The fourth-order valence-electron chi connectivity index (χ4n) is 6.71. The van der Waals surface area contributed by atoms with Crippen molar-refractivity contribution in [3.05, 3.63) is 163 Å².